The number of alkyl halides is 1. The molecule has 3 unspecified atom stereocenters. The number of hydrogen-bond acceptors (Lipinski definition) is 3. The molecule has 7 heteroatoms. The van der Waals surface area contributed by atoms with Crippen LogP contribution < -0.4 is 4.74 Å². The number of aryl methyl sites for hydroxylation is 3. The van der Waals surface area contributed by atoms with Gasteiger partial charge in [-0.3, -0.25) is 4.79 Å². The highest BCUT2D eigenvalue weighted by molar-refractivity contribution is 9.10. The summed E-state index contributed by atoms with van der Waals surface area (Å²) in [5.74, 6) is 3.42. The van der Waals surface area contributed by atoms with E-state index in [0.717, 1.165) is 85.7 Å². The van der Waals surface area contributed by atoms with Crippen molar-refractivity contribution in [1.82, 2.24) is 13.7 Å². The quantitative estimate of drug-likeness (QED) is 0.0395. The number of nitrogens with zero attached hydrogens (tertiary/aromatic N) is 3. The van der Waals surface area contributed by atoms with E-state index in [-0.39, 0.29) is 5.97 Å². The zero-order chi connectivity index (χ0) is 53.4. The number of ether oxygens (including phenoxy) is 2. The van der Waals surface area contributed by atoms with Gasteiger partial charge >= 0.3 is 5.97 Å². The fourth-order valence-corrected chi connectivity index (χ4v) is 12.3. The molecule has 6 nitrogen and oxygen atoms in total. The van der Waals surface area contributed by atoms with Gasteiger partial charge < -0.3 is 23.2 Å². The lowest BCUT2D eigenvalue weighted by Crippen LogP contribution is -2.27. The van der Waals surface area contributed by atoms with E-state index in [1.807, 2.05) is 30.3 Å². The van der Waals surface area contributed by atoms with Crippen molar-refractivity contribution in [3.05, 3.63) is 230 Å². The van der Waals surface area contributed by atoms with Crippen molar-refractivity contribution in [2.45, 2.75) is 82.8 Å². The molecule has 78 heavy (non-hydrogen) atoms. The highest BCUT2D eigenvalue weighted by Crippen LogP contribution is 2.45. The Morgan fingerprint density at radius 3 is 1.32 bits per heavy atom. The molecule has 3 atom stereocenters. The molecule has 13 rings (SSSR count). The molecule has 3 aromatic heterocycles. The number of rotatable bonds is 17. The van der Waals surface area contributed by atoms with Gasteiger partial charge in [0.05, 0.1) is 13.2 Å². The fourth-order valence-electron chi connectivity index (χ4n) is 12.2. The molecule has 2 bridgehead atoms. The van der Waals surface area contributed by atoms with Gasteiger partial charge in [0, 0.05) is 85.1 Å². The Morgan fingerprint density at radius 1 is 0.487 bits per heavy atom. The zero-order valence-electron chi connectivity index (χ0n) is 45.1. The van der Waals surface area contributed by atoms with E-state index in [2.05, 4.69) is 218 Å². The fraction of sp³-hybridized carbons (Fsp3) is 0.254. The van der Waals surface area contributed by atoms with Crippen molar-refractivity contribution in [3.8, 4) is 5.75 Å². The molecule has 1 saturated carbocycles. The average Bonchev–Trinajstić information content (AvgIpc) is 4.40. The molecule has 0 N–H and O–H groups in total. The van der Waals surface area contributed by atoms with E-state index in [4.69, 9.17) is 9.47 Å². The van der Waals surface area contributed by atoms with Crippen LogP contribution >= 0.6 is 15.9 Å². The number of fused-ring (bicyclic) bond motifs is 11. The van der Waals surface area contributed by atoms with Gasteiger partial charge in [0.15, 0.2) is 0 Å². The Bertz CT molecular complexity index is 3710. The molecule has 3 heterocycles. The van der Waals surface area contributed by atoms with E-state index in [1.165, 1.54) is 91.1 Å². The lowest BCUT2D eigenvalue weighted by molar-refractivity contribution is -0.145. The Balaban J connectivity index is 0.000000127. The maximum Gasteiger partial charge on any atom is 0.322 e. The number of benzene rings is 8. The van der Waals surface area contributed by atoms with Crippen LogP contribution in [0.3, 0.4) is 0 Å². The first-order valence-electron chi connectivity index (χ1n) is 28.1. The molecule has 8 aromatic carbocycles. The van der Waals surface area contributed by atoms with Gasteiger partial charge in [-0.2, -0.15) is 0 Å². The Morgan fingerprint density at radius 2 is 0.897 bits per heavy atom. The zero-order valence-corrected chi connectivity index (χ0v) is 46.7. The van der Waals surface area contributed by atoms with Crippen molar-refractivity contribution in [2.24, 2.45) is 17.8 Å². The van der Waals surface area contributed by atoms with Crippen LogP contribution in [0.5, 0.6) is 5.75 Å². The molecular formula is C71H70BrN3O3. The van der Waals surface area contributed by atoms with E-state index in [9.17, 15) is 4.79 Å². The van der Waals surface area contributed by atoms with Crippen molar-refractivity contribution in [2.75, 3.05) is 13.2 Å². The van der Waals surface area contributed by atoms with Crippen LogP contribution in [-0.2, 0) is 29.2 Å². The number of carbonyl (C=O) groups is 1. The third kappa shape index (κ3) is 11.5. The van der Waals surface area contributed by atoms with E-state index >= 15 is 0 Å². The summed E-state index contributed by atoms with van der Waals surface area (Å²) >= 11 is 3.32. The van der Waals surface area contributed by atoms with Gasteiger partial charge in [-0.1, -0.05) is 186 Å². The molecular weight excluding hydrogens is 1020 g/mol. The number of halogens is 1. The van der Waals surface area contributed by atoms with Crippen LogP contribution in [-0.4, -0.2) is 37.2 Å². The molecule has 0 amide bonds. The minimum absolute atomic E-state index is 0.222. The molecule has 394 valence electrons. The first kappa shape index (κ1) is 52.4. The summed E-state index contributed by atoms with van der Waals surface area (Å²) in [6, 6.07) is 70.4. The SMILES string of the molecule is C1=CC2CC1CC2CCCn1c2ccccc2c2ccccc21.C=C(c1ccccc1)c1ccc(OCCCCn2c3ccccc3c3ccccc32)cc1.CC(C)(Br)C(=O)OCCCn1c2ccccc2c2ccccc21. The maximum absolute atomic E-state index is 11.8. The van der Waals surface area contributed by atoms with Crippen molar-refractivity contribution >= 4 is 92.9 Å². The highest BCUT2D eigenvalue weighted by atomic mass is 79.9. The van der Waals surface area contributed by atoms with Gasteiger partial charge in [0.2, 0.25) is 0 Å². The molecule has 0 saturated heterocycles. The second-order valence-electron chi connectivity index (χ2n) is 21.6. The highest BCUT2D eigenvalue weighted by Gasteiger charge is 2.35. The van der Waals surface area contributed by atoms with Crippen molar-refractivity contribution in [1.29, 1.82) is 0 Å². The third-order valence-corrected chi connectivity index (χ3v) is 16.4. The number of para-hydroxylation sites is 6. The predicted octanol–water partition coefficient (Wildman–Crippen LogP) is 18.4. The van der Waals surface area contributed by atoms with Gasteiger partial charge in [-0.15, -0.1) is 0 Å². The topological polar surface area (TPSA) is 50.3 Å². The number of esters is 1. The Labute approximate surface area is 467 Å². The number of allylic oxidation sites excluding steroid dienone is 2. The van der Waals surface area contributed by atoms with E-state index in [1.54, 1.807) is 13.8 Å². The first-order valence-corrected chi connectivity index (χ1v) is 28.9. The van der Waals surface area contributed by atoms with Crippen LogP contribution in [0, 0.1) is 17.8 Å². The molecule has 0 aliphatic heterocycles. The summed E-state index contributed by atoms with van der Waals surface area (Å²) in [4.78, 5) is 11.8. The molecule has 2 aliphatic carbocycles. The molecule has 11 aromatic rings. The summed E-state index contributed by atoms with van der Waals surface area (Å²) in [7, 11) is 0. The number of carbonyl (C=O) groups excluding carboxylic acids is 1. The minimum Gasteiger partial charge on any atom is -0.494 e. The lowest BCUT2D eigenvalue weighted by Gasteiger charge is -2.18. The number of aromatic nitrogens is 3. The minimum atomic E-state index is -0.625. The monoisotopic (exact) mass is 1090 g/mol. The predicted molar refractivity (Wildman–Crippen MR) is 331 cm³/mol. The van der Waals surface area contributed by atoms with Gasteiger partial charge in [0.25, 0.3) is 0 Å². The smallest absolute Gasteiger partial charge is 0.322 e. The van der Waals surface area contributed by atoms with E-state index in [0.29, 0.717) is 6.61 Å². The van der Waals surface area contributed by atoms with Crippen LogP contribution in [0.4, 0.5) is 0 Å². The normalized spacial score (nSPS) is 15.7. The molecule has 2 aliphatic rings. The van der Waals surface area contributed by atoms with Gasteiger partial charge in [-0.25, -0.2) is 0 Å². The average molecular weight is 1090 g/mol. The second-order valence-corrected chi connectivity index (χ2v) is 23.6. The van der Waals surface area contributed by atoms with Crippen LogP contribution in [0.2, 0.25) is 0 Å². The van der Waals surface area contributed by atoms with Crippen LogP contribution in [0.1, 0.15) is 69.9 Å². The second kappa shape index (κ2) is 24.0. The molecule has 0 radical (unpaired) electrons. The van der Waals surface area contributed by atoms with Crippen LogP contribution in [0.25, 0.3) is 71.0 Å². The number of hydrogen-bond donors (Lipinski definition) is 0. The lowest BCUT2D eigenvalue weighted by atomic mass is 9.89. The summed E-state index contributed by atoms with van der Waals surface area (Å²) in [6.07, 6.45) is 13.4. The maximum atomic E-state index is 11.8. The largest absolute Gasteiger partial charge is 0.494 e. The van der Waals surface area contributed by atoms with Crippen molar-refractivity contribution in [3.63, 3.8) is 0 Å². The molecule has 1 fully saturated rings. The first-order chi connectivity index (χ1) is 38.2. The number of unbranched alkanes of at least 4 members (excludes halogenated alkanes) is 1. The van der Waals surface area contributed by atoms with E-state index < -0.39 is 4.32 Å². The summed E-state index contributed by atoms with van der Waals surface area (Å²) in [5.41, 5.74) is 11.1. The summed E-state index contributed by atoms with van der Waals surface area (Å²) in [5, 5.41) is 7.98. The Kier molecular flexibility index (Phi) is 16.1. The van der Waals surface area contributed by atoms with Crippen molar-refractivity contribution < 1.29 is 14.3 Å². The van der Waals surface area contributed by atoms with Gasteiger partial charge in [0.1, 0.15) is 10.1 Å². The Hall–Kier alpha value is -7.61. The third-order valence-electron chi connectivity index (χ3n) is 16.0. The standard InChI is InChI=1S/C30H27NO.C22H23N.C19H20BrNO2/c1-23(24-11-3-2-4-12-24)25-17-19-26(20-18-25)32-22-10-9-21-31-29-15-7-5-13-27(29)28-14-6-8-16-30(28)31;1-3-9-21-19(7-1)20-8-2-4-10-22(20)23(21)13-5-6-17-14-16-11-12-18(17)15-16;1-19(2,20)18(22)23-13-7-12-21-16-10-5-3-8-14(16)15-9-4-6-11-17(15)21/h2-8,11-20H,1,9-10,21-22H2;1-4,7-12,16-18H,5-6,13-15H2;3-6,8-11H,7,12-13H2,1-2H3. The summed E-state index contributed by atoms with van der Waals surface area (Å²) in [6.45, 7) is 11.9. The van der Waals surface area contributed by atoms with Gasteiger partial charge in [-0.05, 0) is 142 Å². The summed E-state index contributed by atoms with van der Waals surface area (Å²) < 4.78 is 18.0. The molecule has 0 spiro atoms. The van der Waals surface area contributed by atoms with Crippen LogP contribution in [0.15, 0.2) is 219 Å².